The minimum atomic E-state index is -1.31. The van der Waals surface area contributed by atoms with Crippen molar-refractivity contribution in [1.29, 1.82) is 0 Å². The van der Waals surface area contributed by atoms with E-state index in [1.54, 1.807) is 12.1 Å². The van der Waals surface area contributed by atoms with Crippen molar-refractivity contribution in [3.8, 4) is 5.75 Å². The Labute approximate surface area is 169 Å². The molecule has 0 spiro atoms. The van der Waals surface area contributed by atoms with Gasteiger partial charge in [0.1, 0.15) is 11.3 Å². The third-order valence-corrected chi connectivity index (χ3v) is 5.32. The second kappa shape index (κ2) is 9.11. The zero-order valence-corrected chi connectivity index (χ0v) is 16.8. The largest absolute Gasteiger partial charge is 0.548 e. The van der Waals surface area contributed by atoms with Crippen LogP contribution in [0.1, 0.15) is 57.1 Å². The number of hydrogen-bond donors (Lipinski definition) is 1. The highest BCUT2D eigenvalue weighted by Gasteiger charge is 2.21. The summed E-state index contributed by atoms with van der Waals surface area (Å²) in [4.78, 5) is 35.8. The number of carboxylic acid groups (broad SMARTS) is 1. The molecule has 0 aliphatic heterocycles. The third-order valence-electron chi connectivity index (χ3n) is 5.32. The van der Waals surface area contributed by atoms with Crippen LogP contribution in [-0.2, 0) is 22.4 Å². The van der Waals surface area contributed by atoms with Crippen molar-refractivity contribution in [2.45, 2.75) is 70.9 Å². The van der Waals surface area contributed by atoms with Gasteiger partial charge >= 0.3 is 5.63 Å². The first kappa shape index (κ1) is 20.9. The van der Waals surface area contributed by atoms with Crippen LogP contribution in [0.5, 0.6) is 5.75 Å². The van der Waals surface area contributed by atoms with Crippen LogP contribution in [0.15, 0.2) is 27.4 Å². The van der Waals surface area contributed by atoms with E-state index in [1.807, 2.05) is 13.0 Å². The standard InChI is InChI=1S/C22H27NO6/c1-3-4-9-18(21(25)26)23-20(24)13(2)28-14-10-11-16-15-7-5-6-8-17(15)22(27)29-19(16)12-14/h10-13,18H,3-9H2,1-2H3,(H,23,24)(H,25,26)/p-1/t13-,18+/m0/s1. The molecule has 1 heterocycles. The number of benzene rings is 1. The summed E-state index contributed by atoms with van der Waals surface area (Å²) in [5, 5.41) is 14.6. The van der Waals surface area contributed by atoms with E-state index in [0.717, 1.165) is 48.6 Å². The number of ether oxygens (including phenoxy) is 1. The van der Waals surface area contributed by atoms with E-state index in [4.69, 9.17) is 9.15 Å². The summed E-state index contributed by atoms with van der Waals surface area (Å²) in [5.74, 6) is -1.48. The number of rotatable bonds is 8. The van der Waals surface area contributed by atoms with Gasteiger partial charge in [-0.15, -0.1) is 0 Å². The fraction of sp³-hybridized carbons (Fsp3) is 0.500. The lowest BCUT2D eigenvalue weighted by molar-refractivity contribution is -0.308. The number of amides is 1. The minimum absolute atomic E-state index is 0.309. The number of carbonyl (C=O) groups excluding carboxylic acids is 2. The Morgan fingerprint density at radius 3 is 2.66 bits per heavy atom. The molecule has 1 aromatic heterocycles. The maximum absolute atomic E-state index is 12.3. The van der Waals surface area contributed by atoms with Crippen molar-refractivity contribution >= 4 is 22.8 Å². The lowest BCUT2D eigenvalue weighted by Gasteiger charge is -2.22. The molecule has 7 heteroatoms. The van der Waals surface area contributed by atoms with Crippen molar-refractivity contribution in [3.05, 3.63) is 39.7 Å². The molecule has 0 bridgehead atoms. The Kier molecular flexibility index (Phi) is 6.56. The lowest BCUT2D eigenvalue weighted by atomic mass is 9.91. The fourth-order valence-electron chi connectivity index (χ4n) is 3.70. The minimum Gasteiger partial charge on any atom is -0.548 e. The normalized spacial score (nSPS) is 15.4. The predicted octanol–water partition coefficient (Wildman–Crippen LogP) is 1.86. The van der Waals surface area contributed by atoms with Crippen LogP contribution in [-0.4, -0.2) is 24.0 Å². The summed E-state index contributed by atoms with van der Waals surface area (Å²) < 4.78 is 11.1. The van der Waals surface area contributed by atoms with E-state index < -0.39 is 24.0 Å². The molecular formula is C22H26NO6-. The zero-order chi connectivity index (χ0) is 21.0. The second-order valence-corrected chi connectivity index (χ2v) is 7.49. The highest BCUT2D eigenvalue weighted by atomic mass is 16.5. The molecule has 7 nitrogen and oxygen atoms in total. The van der Waals surface area contributed by atoms with Gasteiger partial charge in [-0.25, -0.2) is 4.79 Å². The molecule has 1 aromatic carbocycles. The van der Waals surface area contributed by atoms with E-state index in [-0.39, 0.29) is 5.63 Å². The van der Waals surface area contributed by atoms with E-state index in [1.165, 1.54) is 6.92 Å². The number of unbranched alkanes of at least 4 members (excludes halogenated alkanes) is 1. The first-order valence-electron chi connectivity index (χ1n) is 10.2. The highest BCUT2D eigenvalue weighted by molar-refractivity contribution is 5.86. The Morgan fingerprint density at radius 2 is 1.97 bits per heavy atom. The summed E-state index contributed by atoms with van der Waals surface area (Å²) >= 11 is 0. The molecule has 0 unspecified atom stereocenters. The summed E-state index contributed by atoms with van der Waals surface area (Å²) in [6, 6.07) is 4.12. The Bertz CT molecular complexity index is 964. The molecular weight excluding hydrogens is 374 g/mol. The average molecular weight is 400 g/mol. The molecule has 156 valence electrons. The van der Waals surface area contributed by atoms with Gasteiger partial charge in [0.15, 0.2) is 6.10 Å². The van der Waals surface area contributed by atoms with Crippen LogP contribution in [0.4, 0.5) is 0 Å². The summed E-state index contributed by atoms with van der Waals surface area (Å²) in [6.45, 7) is 3.48. The summed E-state index contributed by atoms with van der Waals surface area (Å²) in [6.07, 6.45) is 4.49. The third kappa shape index (κ3) is 4.78. The van der Waals surface area contributed by atoms with Gasteiger partial charge in [0.05, 0.1) is 12.0 Å². The maximum Gasteiger partial charge on any atom is 0.339 e. The van der Waals surface area contributed by atoms with Gasteiger partial charge in [-0.1, -0.05) is 19.8 Å². The van der Waals surface area contributed by atoms with Gasteiger partial charge in [-0.2, -0.15) is 0 Å². The number of aliphatic carboxylic acids is 1. The summed E-state index contributed by atoms with van der Waals surface area (Å²) in [5.41, 5.74) is 1.90. The van der Waals surface area contributed by atoms with Gasteiger partial charge in [0, 0.05) is 17.0 Å². The smallest absolute Gasteiger partial charge is 0.339 e. The van der Waals surface area contributed by atoms with Gasteiger partial charge in [-0.05, 0) is 56.7 Å². The molecule has 2 atom stereocenters. The van der Waals surface area contributed by atoms with Crippen molar-refractivity contribution < 1.29 is 23.8 Å². The van der Waals surface area contributed by atoms with Gasteiger partial charge in [0.25, 0.3) is 5.91 Å². The number of carbonyl (C=O) groups is 2. The number of aryl methyl sites for hydroxylation is 1. The number of hydrogen-bond acceptors (Lipinski definition) is 6. The monoisotopic (exact) mass is 400 g/mol. The predicted molar refractivity (Wildman–Crippen MR) is 106 cm³/mol. The molecule has 1 aliphatic rings. The molecule has 0 fully saturated rings. The molecule has 29 heavy (non-hydrogen) atoms. The Hall–Kier alpha value is -2.83. The number of carboxylic acids is 1. The number of fused-ring (bicyclic) bond motifs is 3. The summed E-state index contributed by atoms with van der Waals surface area (Å²) in [7, 11) is 0. The topological polar surface area (TPSA) is 109 Å². The molecule has 1 N–H and O–H groups in total. The van der Waals surface area contributed by atoms with E-state index in [0.29, 0.717) is 24.2 Å². The molecule has 0 saturated carbocycles. The Balaban J connectivity index is 1.74. The van der Waals surface area contributed by atoms with Gasteiger partial charge < -0.3 is 24.4 Å². The van der Waals surface area contributed by atoms with Crippen molar-refractivity contribution in [2.24, 2.45) is 0 Å². The second-order valence-electron chi connectivity index (χ2n) is 7.49. The maximum atomic E-state index is 12.3. The van der Waals surface area contributed by atoms with Crippen LogP contribution in [0.2, 0.25) is 0 Å². The molecule has 0 radical (unpaired) electrons. The molecule has 2 aromatic rings. The SMILES string of the molecule is CCCC[C@@H](NC(=O)[C@H](C)Oc1ccc2c3c(c(=O)oc2c1)CCCC3)C(=O)[O-]. The van der Waals surface area contributed by atoms with Crippen LogP contribution in [0, 0.1) is 0 Å². The van der Waals surface area contributed by atoms with Gasteiger partial charge in [0.2, 0.25) is 0 Å². The Morgan fingerprint density at radius 1 is 1.24 bits per heavy atom. The van der Waals surface area contributed by atoms with Crippen molar-refractivity contribution in [2.75, 3.05) is 0 Å². The van der Waals surface area contributed by atoms with Crippen LogP contribution in [0.3, 0.4) is 0 Å². The average Bonchev–Trinajstić information content (AvgIpc) is 2.70. The molecule has 1 aliphatic carbocycles. The fourth-order valence-corrected chi connectivity index (χ4v) is 3.70. The molecule has 3 rings (SSSR count). The molecule has 1 amide bonds. The van der Waals surface area contributed by atoms with Crippen LogP contribution >= 0.6 is 0 Å². The van der Waals surface area contributed by atoms with E-state index in [2.05, 4.69) is 5.32 Å². The van der Waals surface area contributed by atoms with Crippen molar-refractivity contribution in [1.82, 2.24) is 5.32 Å². The first-order valence-corrected chi connectivity index (χ1v) is 10.2. The quantitative estimate of drug-likeness (QED) is 0.678. The lowest BCUT2D eigenvalue weighted by Crippen LogP contribution is -2.51. The number of nitrogens with one attached hydrogen (secondary N) is 1. The van der Waals surface area contributed by atoms with E-state index in [9.17, 15) is 19.5 Å². The van der Waals surface area contributed by atoms with Gasteiger partial charge in [-0.3, -0.25) is 4.79 Å². The van der Waals surface area contributed by atoms with Crippen molar-refractivity contribution in [3.63, 3.8) is 0 Å². The zero-order valence-electron chi connectivity index (χ0n) is 16.8. The highest BCUT2D eigenvalue weighted by Crippen LogP contribution is 2.29. The van der Waals surface area contributed by atoms with E-state index >= 15 is 0 Å². The first-order chi connectivity index (χ1) is 13.9. The van der Waals surface area contributed by atoms with Crippen LogP contribution < -0.4 is 20.8 Å². The molecule has 0 saturated heterocycles. The van der Waals surface area contributed by atoms with Crippen LogP contribution in [0.25, 0.3) is 11.0 Å².